The molecule has 0 heterocycles. The summed E-state index contributed by atoms with van der Waals surface area (Å²) in [6.07, 6.45) is 0. The Kier molecular flexibility index (Phi) is 4.11. The van der Waals surface area contributed by atoms with Crippen molar-refractivity contribution in [2.24, 2.45) is 0 Å². The van der Waals surface area contributed by atoms with E-state index in [0.29, 0.717) is 17.1 Å². The molecule has 0 aliphatic rings. The zero-order valence-corrected chi connectivity index (χ0v) is 12.1. The molecule has 0 fully saturated rings. The van der Waals surface area contributed by atoms with Crippen molar-refractivity contribution in [1.29, 1.82) is 5.26 Å². The number of benzene rings is 2. The highest BCUT2D eigenvalue weighted by atomic mass is 79.9. The number of nitrogens with two attached hydrogens (primary N) is 1. The molecule has 102 valence electrons. The lowest BCUT2D eigenvalue weighted by Crippen LogP contribution is -1.95. The Labute approximate surface area is 123 Å². The van der Waals surface area contributed by atoms with Crippen LogP contribution < -0.4 is 15.2 Å². The second kappa shape index (κ2) is 5.80. The van der Waals surface area contributed by atoms with Crippen LogP contribution in [0.1, 0.15) is 5.56 Å². The first-order chi connectivity index (χ1) is 9.53. The molecule has 0 spiro atoms. The standard InChI is InChI=1S/C14H10BrFN2O2/c1-19-9-2-8(7-17)3-10(4-9)20-14-6-12(16)11(15)5-13(14)18/h2-6H,18H2,1H3. The minimum Gasteiger partial charge on any atom is -0.497 e. The van der Waals surface area contributed by atoms with E-state index in [9.17, 15) is 4.39 Å². The van der Waals surface area contributed by atoms with E-state index in [-0.39, 0.29) is 15.9 Å². The third kappa shape index (κ3) is 3.00. The third-order valence-corrected chi connectivity index (χ3v) is 3.13. The van der Waals surface area contributed by atoms with E-state index in [1.54, 1.807) is 12.1 Å². The summed E-state index contributed by atoms with van der Waals surface area (Å²) in [5, 5.41) is 8.93. The molecule has 0 amide bonds. The minimum atomic E-state index is -0.488. The average molecular weight is 337 g/mol. The molecule has 2 aromatic carbocycles. The molecule has 0 saturated heterocycles. The lowest BCUT2D eigenvalue weighted by atomic mass is 10.2. The Morgan fingerprint density at radius 2 is 1.90 bits per heavy atom. The van der Waals surface area contributed by atoms with Crippen molar-refractivity contribution in [2.75, 3.05) is 12.8 Å². The summed E-state index contributed by atoms with van der Waals surface area (Å²) in [5.74, 6) is 0.491. The average Bonchev–Trinajstić information content (AvgIpc) is 2.44. The predicted molar refractivity (Wildman–Crippen MR) is 76.3 cm³/mol. The highest BCUT2D eigenvalue weighted by Crippen LogP contribution is 2.33. The number of hydrogen-bond donors (Lipinski definition) is 1. The molecular formula is C14H10BrFN2O2. The molecule has 4 nitrogen and oxygen atoms in total. The van der Waals surface area contributed by atoms with Gasteiger partial charge in [0.05, 0.1) is 28.9 Å². The second-order valence-corrected chi connectivity index (χ2v) is 4.77. The lowest BCUT2D eigenvalue weighted by molar-refractivity contribution is 0.408. The van der Waals surface area contributed by atoms with Gasteiger partial charge in [0.15, 0.2) is 5.75 Å². The SMILES string of the molecule is COc1cc(C#N)cc(Oc2cc(F)c(Br)cc2N)c1. The van der Waals surface area contributed by atoms with Gasteiger partial charge in [0.25, 0.3) is 0 Å². The first-order valence-corrected chi connectivity index (χ1v) is 6.34. The van der Waals surface area contributed by atoms with Gasteiger partial charge in [0.2, 0.25) is 0 Å². The van der Waals surface area contributed by atoms with Gasteiger partial charge < -0.3 is 15.2 Å². The number of nitrogens with zero attached hydrogens (tertiary/aromatic N) is 1. The van der Waals surface area contributed by atoms with E-state index in [1.807, 2.05) is 6.07 Å². The van der Waals surface area contributed by atoms with Crippen LogP contribution in [0.5, 0.6) is 17.2 Å². The largest absolute Gasteiger partial charge is 0.497 e. The molecule has 0 aliphatic carbocycles. The van der Waals surface area contributed by atoms with E-state index in [4.69, 9.17) is 20.5 Å². The lowest BCUT2D eigenvalue weighted by Gasteiger charge is -2.11. The first-order valence-electron chi connectivity index (χ1n) is 5.55. The van der Waals surface area contributed by atoms with Crippen molar-refractivity contribution in [2.45, 2.75) is 0 Å². The van der Waals surface area contributed by atoms with Crippen LogP contribution in [0.4, 0.5) is 10.1 Å². The molecule has 0 saturated carbocycles. The van der Waals surface area contributed by atoms with E-state index < -0.39 is 5.82 Å². The fourth-order valence-electron chi connectivity index (χ4n) is 1.57. The van der Waals surface area contributed by atoms with Gasteiger partial charge in [-0.2, -0.15) is 5.26 Å². The zero-order valence-electron chi connectivity index (χ0n) is 10.5. The van der Waals surface area contributed by atoms with Crippen LogP contribution in [0.25, 0.3) is 0 Å². The Balaban J connectivity index is 2.40. The fourth-order valence-corrected chi connectivity index (χ4v) is 1.93. The van der Waals surface area contributed by atoms with Crippen LogP contribution >= 0.6 is 15.9 Å². The smallest absolute Gasteiger partial charge is 0.153 e. The monoisotopic (exact) mass is 336 g/mol. The number of hydrogen-bond acceptors (Lipinski definition) is 4. The fraction of sp³-hybridized carbons (Fsp3) is 0.0714. The maximum atomic E-state index is 13.5. The highest BCUT2D eigenvalue weighted by Gasteiger charge is 2.10. The molecule has 20 heavy (non-hydrogen) atoms. The van der Waals surface area contributed by atoms with Gasteiger partial charge in [-0.15, -0.1) is 0 Å². The Hall–Kier alpha value is -2.26. The molecule has 2 N–H and O–H groups in total. The molecule has 6 heteroatoms. The van der Waals surface area contributed by atoms with Crippen molar-refractivity contribution >= 4 is 21.6 Å². The Morgan fingerprint density at radius 1 is 1.20 bits per heavy atom. The molecule has 0 unspecified atom stereocenters. The molecule has 0 bridgehead atoms. The first kappa shape index (κ1) is 14.2. The van der Waals surface area contributed by atoms with Crippen LogP contribution in [-0.4, -0.2) is 7.11 Å². The Morgan fingerprint density at radius 3 is 2.55 bits per heavy atom. The van der Waals surface area contributed by atoms with Gasteiger partial charge in [-0.25, -0.2) is 4.39 Å². The normalized spacial score (nSPS) is 9.90. The van der Waals surface area contributed by atoms with Crippen LogP contribution in [-0.2, 0) is 0 Å². The molecule has 2 rings (SSSR count). The topological polar surface area (TPSA) is 68.3 Å². The van der Waals surface area contributed by atoms with Crippen LogP contribution in [0, 0.1) is 17.1 Å². The molecule has 2 aromatic rings. The Bertz CT molecular complexity index is 698. The molecule has 0 aromatic heterocycles. The molecule has 0 atom stereocenters. The highest BCUT2D eigenvalue weighted by molar-refractivity contribution is 9.10. The number of nitrogen functional groups attached to an aromatic ring is 1. The summed E-state index contributed by atoms with van der Waals surface area (Å²) >= 11 is 3.04. The van der Waals surface area contributed by atoms with Crippen molar-refractivity contribution in [3.8, 4) is 23.3 Å². The van der Waals surface area contributed by atoms with Crippen LogP contribution in [0.2, 0.25) is 0 Å². The summed E-state index contributed by atoms with van der Waals surface area (Å²) in [4.78, 5) is 0. The number of nitriles is 1. The van der Waals surface area contributed by atoms with Crippen molar-refractivity contribution < 1.29 is 13.9 Å². The van der Waals surface area contributed by atoms with Gasteiger partial charge in [0.1, 0.15) is 17.3 Å². The minimum absolute atomic E-state index is 0.169. The molecule has 0 radical (unpaired) electrons. The maximum absolute atomic E-state index is 13.5. The number of methoxy groups -OCH3 is 1. The van der Waals surface area contributed by atoms with Gasteiger partial charge in [-0.05, 0) is 34.1 Å². The van der Waals surface area contributed by atoms with Crippen molar-refractivity contribution in [1.82, 2.24) is 0 Å². The summed E-state index contributed by atoms with van der Waals surface area (Å²) in [7, 11) is 1.48. The number of rotatable bonds is 3. The number of halogens is 2. The van der Waals surface area contributed by atoms with Gasteiger partial charge in [-0.1, -0.05) is 0 Å². The second-order valence-electron chi connectivity index (χ2n) is 3.92. The van der Waals surface area contributed by atoms with E-state index in [2.05, 4.69) is 15.9 Å². The van der Waals surface area contributed by atoms with Crippen molar-refractivity contribution in [3.05, 3.63) is 46.2 Å². The number of anilines is 1. The summed E-state index contributed by atoms with van der Waals surface area (Å²) in [5.41, 5.74) is 6.41. The maximum Gasteiger partial charge on any atom is 0.153 e. The summed E-state index contributed by atoms with van der Waals surface area (Å²) < 4.78 is 24.3. The molecular weight excluding hydrogens is 327 g/mol. The van der Waals surface area contributed by atoms with Crippen LogP contribution in [0.3, 0.4) is 0 Å². The molecule has 0 aliphatic heterocycles. The van der Waals surface area contributed by atoms with E-state index >= 15 is 0 Å². The van der Waals surface area contributed by atoms with Gasteiger partial charge in [-0.3, -0.25) is 0 Å². The van der Waals surface area contributed by atoms with Gasteiger partial charge >= 0.3 is 0 Å². The third-order valence-electron chi connectivity index (χ3n) is 2.53. The zero-order chi connectivity index (χ0) is 14.7. The summed E-state index contributed by atoms with van der Waals surface area (Å²) in [6, 6.07) is 9.24. The predicted octanol–water partition coefficient (Wildman–Crippen LogP) is 3.84. The summed E-state index contributed by atoms with van der Waals surface area (Å²) in [6.45, 7) is 0. The van der Waals surface area contributed by atoms with E-state index in [0.717, 1.165) is 0 Å². The number of ether oxygens (including phenoxy) is 2. The quantitative estimate of drug-likeness (QED) is 0.864. The van der Waals surface area contributed by atoms with Gasteiger partial charge in [0, 0.05) is 12.1 Å². The van der Waals surface area contributed by atoms with Crippen LogP contribution in [0.15, 0.2) is 34.8 Å². The van der Waals surface area contributed by atoms with Crippen molar-refractivity contribution in [3.63, 3.8) is 0 Å². The van der Waals surface area contributed by atoms with E-state index in [1.165, 1.54) is 25.3 Å².